The molecule has 1 fully saturated rings. The van der Waals surface area contributed by atoms with Crippen molar-refractivity contribution in [1.29, 1.82) is 0 Å². The zero-order valence-electron chi connectivity index (χ0n) is 11.0. The maximum absolute atomic E-state index is 12.1. The number of hydrogen-bond donors (Lipinski definition) is 0. The molecule has 1 aromatic heterocycles. The lowest BCUT2D eigenvalue weighted by Crippen LogP contribution is -2.28. The highest BCUT2D eigenvalue weighted by Crippen LogP contribution is 2.30. The molecule has 19 heavy (non-hydrogen) atoms. The molecule has 0 saturated carbocycles. The van der Waals surface area contributed by atoms with E-state index < -0.39 is 0 Å². The Bertz CT molecular complexity index is 530. The molecule has 0 aliphatic carbocycles. The van der Waals surface area contributed by atoms with E-state index in [2.05, 4.69) is 4.99 Å². The summed E-state index contributed by atoms with van der Waals surface area (Å²) in [6.45, 7) is 5.24. The minimum Gasteiger partial charge on any atom is -0.465 e. The molecule has 0 unspecified atom stereocenters. The Morgan fingerprint density at radius 1 is 1.47 bits per heavy atom. The predicted octanol–water partition coefficient (Wildman–Crippen LogP) is 3.15. The lowest BCUT2D eigenvalue weighted by Gasteiger charge is -2.11. The average Bonchev–Trinajstić information content (AvgIpc) is 3.00. The molecular formula is C14H16N2O2S. The van der Waals surface area contributed by atoms with Gasteiger partial charge in [0.1, 0.15) is 5.76 Å². The van der Waals surface area contributed by atoms with Gasteiger partial charge in [0.05, 0.1) is 11.2 Å². The summed E-state index contributed by atoms with van der Waals surface area (Å²) in [7, 11) is 0. The van der Waals surface area contributed by atoms with Gasteiger partial charge in [0, 0.05) is 13.1 Å². The molecule has 2 heterocycles. The minimum absolute atomic E-state index is 0.0174. The molecule has 5 heteroatoms. The Hall–Kier alpha value is -1.75. The third kappa shape index (κ3) is 3.17. The van der Waals surface area contributed by atoms with Gasteiger partial charge in [-0.2, -0.15) is 0 Å². The molecule has 1 amide bonds. The van der Waals surface area contributed by atoms with Crippen molar-refractivity contribution in [3.05, 3.63) is 41.2 Å². The van der Waals surface area contributed by atoms with E-state index in [1.165, 1.54) is 11.8 Å². The monoisotopic (exact) mass is 276 g/mol. The Balaban J connectivity index is 2.13. The van der Waals surface area contributed by atoms with Gasteiger partial charge in [-0.05, 0) is 49.9 Å². The number of rotatable bonds is 4. The van der Waals surface area contributed by atoms with Crippen LogP contribution in [0.3, 0.4) is 0 Å². The maximum atomic E-state index is 12.1. The summed E-state index contributed by atoms with van der Waals surface area (Å²) in [5.41, 5.74) is 0. The second kappa shape index (κ2) is 6.43. The molecule has 0 spiro atoms. The maximum Gasteiger partial charge on any atom is 0.266 e. The number of carbonyl (C=O) groups excluding carboxylic acids is 1. The molecular weight excluding hydrogens is 260 g/mol. The van der Waals surface area contributed by atoms with E-state index >= 15 is 0 Å². The number of amidine groups is 1. The molecule has 2 rings (SSSR count). The van der Waals surface area contributed by atoms with E-state index in [1.807, 2.05) is 38.1 Å². The molecule has 1 saturated heterocycles. The van der Waals surface area contributed by atoms with Gasteiger partial charge >= 0.3 is 0 Å². The van der Waals surface area contributed by atoms with Crippen LogP contribution in [0.25, 0.3) is 6.08 Å². The summed E-state index contributed by atoms with van der Waals surface area (Å²) in [4.78, 5) is 18.8. The Kier molecular flexibility index (Phi) is 4.63. The summed E-state index contributed by atoms with van der Waals surface area (Å²) in [5, 5.41) is 0.785. The molecule has 1 aromatic rings. The zero-order valence-corrected chi connectivity index (χ0v) is 11.8. The van der Waals surface area contributed by atoms with Gasteiger partial charge in [-0.3, -0.25) is 14.7 Å². The van der Waals surface area contributed by atoms with Crippen molar-refractivity contribution in [3.8, 4) is 0 Å². The summed E-state index contributed by atoms with van der Waals surface area (Å²) in [6.07, 6.45) is 7.07. The van der Waals surface area contributed by atoms with E-state index in [1.54, 1.807) is 17.2 Å². The van der Waals surface area contributed by atoms with Crippen molar-refractivity contribution >= 4 is 28.9 Å². The Labute approximate surface area is 116 Å². The summed E-state index contributed by atoms with van der Waals surface area (Å²) in [6, 6.07) is 3.69. The fraction of sp³-hybridized carbons (Fsp3) is 0.286. The standard InChI is InChI=1S/C14H16N2O2S/c1-3-15-14-16(4-2)13(17)12(19-14)9-5-7-11-8-6-10-18-11/h5-10H,3-4H2,1-2H3/b7-5+,12-9+,15-14?. The smallest absolute Gasteiger partial charge is 0.266 e. The Morgan fingerprint density at radius 2 is 2.32 bits per heavy atom. The lowest BCUT2D eigenvalue weighted by molar-refractivity contribution is -0.122. The topological polar surface area (TPSA) is 45.8 Å². The molecule has 0 N–H and O–H groups in total. The van der Waals surface area contributed by atoms with Crippen molar-refractivity contribution in [2.24, 2.45) is 4.99 Å². The fourth-order valence-corrected chi connectivity index (χ4v) is 2.73. The molecule has 0 radical (unpaired) electrons. The summed E-state index contributed by atoms with van der Waals surface area (Å²) < 4.78 is 5.19. The van der Waals surface area contributed by atoms with E-state index in [0.29, 0.717) is 18.0 Å². The first-order valence-corrected chi connectivity index (χ1v) is 7.04. The number of aliphatic imine (C=N–C) groups is 1. The highest BCUT2D eigenvalue weighted by atomic mass is 32.2. The van der Waals surface area contributed by atoms with E-state index in [9.17, 15) is 4.79 Å². The van der Waals surface area contributed by atoms with E-state index in [4.69, 9.17) is 4.42 Å². The van der Waals surface area contributed by atoms with Crippen molar-refractivity contribution < 1.29 is 9.21 Å². The fourth-order valence-electron chi connectivity index (χ4n) is 1.67. The molecule has 0 bridgehead atoms. The largest absolute Gasteiger partial charge is 0.465 e. The number of thioether (sulfide) groups is 1. The third-order valence-corrected chi connectivity index (χ3v) is 3.61. The van der Waals surface area contributed by atoms with Crippen molar-refractivity contribution in [3.63, 3.8) is 0 Å². The first-order chi connectivity index (χ1) is 9.26. The van der Waals surface area contributed by atoms with Crippen LogP contribution < -0.4 is 0 Å². The van der Waals surface area contributed by atoms with Gasteiger partial charge in [-0.15, -0.1) is 0 Å². The second-order valence-electron chi connectivity index (χ2n) is 3.81. The first-order valence-electron chi connectivity index (χ1n) is 6.22. The Morgan fingerprint density at radius 3 is 2.95 bits per heavy atom. The number of likely N-dealkylation sites (N-methyl/N-ethyl adjacent to an activating group) is 1. The van der Waals surface area contributed by atoms with Gasteiger partial charge in [-0.1, -0.05) is 6.08 Å². The van der Waals surface area contributed by atoms with Crippen LogP contribution in [-0.2, 0) is 4.79 Å². The van der Waals surface area contributed by atoms with Crippen LogP contribution in [0, 0.1) is 0 Å². The molecule has 0 aromatic carbocycles. The number of allylic oxidation sites excluding steroid dienone is 2. The van der Waals surface area contributed by atoms with Crippen molar-refractivity contribution in [1.82, 2.24) is 4.90 Å². The van der Waals surface area contributed by atoms with Crippen LogP contribution in [0.4, 0.5) is 0 Å². The van der Waals surface area contributed by atoms with Crippen LogP contribution in [0.15, 0.2) is 44.9 Å². The second-order valence-corrected chi connectivity index (χ2v) is 4.82. The number of amides is 1. The SMILES string of the molecule is CCN=C1S/C(=C/C=C/c2ccco2)C(=O)N1CC. The van der Waals surface area contributed by atoms with Crippen LogP contribution in [0.5, 0.6) is 0 Å². The van der Waals surface area contributed by atoms with E-state index in [0.717, 1.165) is 10.9 Å². The van der Waals surface area contributed by atoms with Crippen molar-refractivity contribution in [2.75, 3.05) is 13.1 Å². The third-order valence-electron chi connectivity index (χ3n) is 2.55. The zero-order chi connectivity index (χ0) is 13.7. The minimum atomic E-state index is 0.0174. The van der Waals surface area contributed by atoms with Gasteiger partial charge in [0.2, 0.25) is 0 Å². The predicted molar refractivity (Wildman–Crippen MR) is 78.8 cm³/mol. The molecule has 0 atom stereocenters. The molecule has 4 nitrogen and oxygen atoms in total. The lowest BCUT2D eigenvalue weighted by atomic mass is 10.3. The van der Waals surface area contributed by atoms with Gasteiger partial charge in [-0.25, -0.2) is 0 Å². The number of hydrogen-bond acceptors (Lipinski definition) is 4. The normalized spacial score (nSPS) is 20.3. The number of nitrogens with zero attached hydrogens (tertiary/aromatic N) is 2. The van der Waals surface area contributed by atoms with Gasteiger partial charge in [0.15, 0.2) is 5.17 Å². The van der Waals surface area contributed by atoms with Crippen LogP contribution in [0.2, 0.25) is 0 Å². The quantitative estimate of drug-likeness (QED) is 0.794. The first kappa shape index (κ1) is 13.7. The highest BCUT2D eigenvalue weighted by Gasteiger charge is 2.31. The van der Waals surface area contributed by atoms with Crippen LogP contribution in [-0.4, -0.2) is 29.1 Å². The average molecular weight is 276 g/mol. The molecule has 100 valence electrons. The summed E-state index contributed by atoms with van der Waals surface area (Å²) in [5.74, 6) is 0.783. The van der Waals surface area contributed by atoms with Crippen LogP contribution in [0.1, 0.15) is 19.6 Å². The molecule has 1 aliphatic heterocycles. The highest BCUT2D eigenvalue weighted by molar-refractivity contribution is 8.18. The molecule has 1 aliphatic rings. The number of carbonyl (C=O) groups is 1. The van der Waals surface area contributed by atoms with E-state index in [-0.39, 0.29) is 5.91 Å². The number of furan rings is 1. The van der Waals surface area contributed by atoms with Crippen LogP contribution >= 0.6 is 11.8 Å². The van der Waals surface area contributed by atoms with Gasteiger partial charge < -0.3 is 4.42 Å². The van der Waals surface area contributed by atoms with Gasteiger partial charge in [0.25, 0.3) is 5.91 Å². The van der Waals surface area contributed by atoms with Crippen molar-refractivity contribution in [2.45, 2.75) is 13.8 Å². The summed E-state index contributed by atoms with van der Waals surface area (Å²) >= 11 is 1.42.